The van der Waals surface area contributed by atoms with E-state index in [9.17, 15) is 22.8 Å². The van der Waals surface area contributed by atoms with E-state index in [4.69, 9.17) is 10.5 Å². The lowest BCUT2D eigenvalue weighted by Crippen LogP contribution is -2.21. The number of hydrogen-bond donors (Lipinski definition) is 3. The number of benzene rings is 2. The molecular formula is C20H18F3N3O3. The zero-order chi connectivity index (χ0) is 21.1. The molecule has 0 saturated heterocycles. The van der Waals surface area contributed by atoms with E-state index >= 15 is 0 Å². The summed E-state index contributed by atoms with van der Waals surface area (Å²) >= 11 is 0. The van der Waals surface area contributed by atoms with E-state index in [-0.39, 0.29) is 24.0 Å². The molecule has 6 nitrogen and oxygen atoms in total. The van der Waals surface area contributed by atoms with Gasteiger partial charge in [-0.15, -0.1) is 0 Å². The van der Waals surface area contributed by atoms with Crippen LogP contribution in [-0.4, -0.2) is 23.2 Å². The van der Waals surface area contributed by atoms with Crippen LogP contribution in [0.5, 0.6) is 5.75 Å². The molecule has 3 aromatic rings. The van der Waals surface area contributed by atoms with E-state index in [1.165, 1.54) is 7.11 Å². The van der Waals surface area contributed by atoms with Crippen LogP contribution in [0.25, 0.3) is 0 Å². The van der Waals surface area contributed by atoms with Crippen molar-refractivity contribution in [2.45, 2.75) is 18.8 Å². The SMILES string of the molecule is COc1ccc(Cc2[nH][nH]c(=O)c2[C@@H](CC(N)=O)c2cc(F)c(F)c(F)c2)cc1. The van der Waals surface area contributed by atoms with Crippen molar-refractivity contribution in [3.63, 3.8) is 0 Å². The average molecular weight is 405 g/mol. The number of H-pyrrole nitrogens is 2. The summed E-state index contributed by atoms with van der Waals surface area (Å²) in [4.78, 5) is 24.0. The Kier molecular flexibility index (Phi) is 5.76. The van der Waals surface area contributed by atoms with Gasteiger partial charge in [0.2, 0.25) is 5.91 Å². The van der Waals surface area contributed by atoms with Gasteiger partial charge in [-0.25, -0.2) is 13.2 Å². The van der Waals surface area contributed by atoms with Crippen LogP contribution < -0.4 is 16.0 Å². The summed E-state index contributed by atoms with van der Waals surface area (Å²) in [6, 6.07) is 8.57. The number of methoxy groups -OCH3 is 1. The molecule has 4 N–H and O–H groups in total. The minimum atomic E-state index is -1.63. The van der Waals surface area contributed by atoms with Crippen LogP contribution in [0, 0.1) is 17.5 Å². The minimum absolute atomic E-state index is 0.0683. The molecule has 9 heteroatoms. The second-order valence-electron chi connectivity index (χ2n) is 6.52. The molecule has 2 aromatic carbocycles. The van der Waals surface area contributed by atoms with Crippen LogP contribution in [0.4, 0.5) is 13.2 Å². The fourth-order valence-corrected chi connectivity index (χ4v) is 3.22. The summed E-state index contributed by atoms with van der Waals surface area (Å²) in [7, 11) is 1.53. The van der Waals surface area contributed by atoms with Crippen LogP contribution in [0.15, 0.2) is 41.2 Å². The number of nitrogens with one attached hydrogen (secondary N) is 2. The normalized spacial score (nSPS) is 12.0. The first-order chi connectivity index (χ1) is 13.8. The van der Waals surface area contributed by atoms with Gasteiger partial charge in [-0.1, -0.05) is 12.1 Å². The van der Waals surface area contributed by atoms with Crippen molar-refractivity contribution in [2.24, 2.45) is 5.73 Å². The number of hydrogen-bond acceptors (Lipinski definition) is 3. The number of ether oxygens (including phenoxy) is 1. The maximum absolute atomic E-state index is 13.8. The van der Waals surface area contributed by atoms with E-state index in [1.807, 2.05) is 0 Å². The second-order valence-corrected chi connectivity index (χ2v) is 6.52. The Bertz CT molecular complexity index is 1070. The predicted octanol–water partition coefficient (Wildman–Crippen LogP) is 2.73. The predicted molar refractivity (Wildman–Crippen MR) is 99.2 cm³/mol. The maximum Gasteiger partial charge on any atom is 0.267 e. The summed E-state index contributed by atoms with van der Waals surface area (Å²) < 4.78 is 46.0. The van der Waals surface area contributed by atoms with E-state index in [1.54, 1.807) is 24.3 Å². The Labute approximate surface area is 163 Å². The summed E-state index contributed by atoms with van der Waals surface area (Å²) in [5.41, 5.74) is 5.99. The minimum Gasteiger partial charge on any atom is -0.497 e. The highest BCUT2D eigenvalue weighted by molar-refractivity contribution is 5.75. The average Bonchev–Trinajstić information content (AvgIpc) is 3.04. The Morgan fingerprint density at radius 1 is 1.10 bits per heavy atom. The molecule has 1 heterocycles. The molecule has 0 spiro atoms. The van der Waals surface area contributed by atoms with Crippen molar-refractivity contribution < 1.29 is 22.7 Å². The number of primary amides is 1. The summed E-state index contributed by atoms with van der Waals surface area (Å²) in [6.45, 7) is 0. The lowest BCUT2D eigenvalue weighted by molar-refractivity contribution is -0.118. The first-order valence-corrected chi connectivity index (χ1v) is 8.65. The molecule has 0 radical (unpaired) electrons. The number of nitrogens with two attached hydrogens (primary N) is 1. The van der Waals surface area contributed by atoms with Crippen LogP contribution in [-0.2, 0) is 11.2 Å². The quantitative estimate of drug-likeness (QED) is 0.527. The molecule has 152 valence electrons. The molecule has 29 heavy (non-hydrogen) atoms. The molecule has 0 unspecified atom stereocenters. The molecule has 1 atom stereocenters. The van der Waals surface area contributed by atoms with Crippen molar-refractivity contribution in [3.05, 3.63) is 86.6 Å². The standard InChI is InChI=1S/C20H18F3N3O3/c1-29-12-4-2-10(3-5-12)6-16-18(20(28)26-25-16)13(9-17(24)27)11-7-14(21)19(23)15(22)8-11/h2-5,7-8,13H,6,9H2,1H3,(H2,24,27)(H2,25,26,28)/t13-/m0/s1. The van der Waals surface area contributed by atoms with Crippen molar-refractivity contribution in [1.29, 1.82) is 0 Å². The Morgan fingerprint density at radius 2 is 1.72 bits per heavy atom. The molecule has 0 aliphatic rings. The van der Waals surface area contributed by atoms with Gasteiger partial charge in [0.05, 0.1) is 7.11 Å². The van der Waals surface area contributed by atoms with Gasteiger partial charge in [0, 0.05) is 30.0 Å². The van der Waals surface area contributed by atoms with Gasteiger partial charge in [0.25, 0.3) is 5.56 Å². The number of rotatable bonds is 7. The van der Waals surface area contributed by atoms with Crippen molar-refractivity contribution in [3.8, 4) is 5.75 Å². The molecule has 1 amide bonds. The van der Waals surface area contributed by atoms with E-state index < -0.39 is 34.8 Å². The highest BCUT2D eigenvalue weighted by Gasteiger charge is 2.27. The third-order valence-electron chi connectivity index (χ3n) is 4.60. The Balaban J connectivity index is 2.06. The highest BCUT2D eigenvalue weighted by Crippen LogP contribution is 2.30. The van der Waals surface area contributed by atoms with Crippen molar-refractivity contribution >= 4 is 5.91 Å². The van der Waals surface area contributed by atoms with Crippen molar-refractivity contribution in [2.75, 3.05) is 7.11 Å². The molecule has 0 bridgehead atoms. The molecular weight excluding hydrogens is 387 g/mol. The van der Waals surface area contributed by atoms with Gasteiger partial charge in [-0.05, 0) is 35.4 Å². The number of aromatic nitrogens is 2. The summed E-state index contributed by atoms with van der Waals surface area (Å²) in [5.74, 6) is -5.65. The van der Waals surface area contributed by atoms with Gasteiger partial charge >= 0.3 is 0 Å². The van der Waals surface area contributed by atoms with Crippen LogP contribution >= 0.6 is 0 Å². The number of amides is 1. The third kappa shape index (κ3) is 4.34. The largest absolute Gasteiger partial charge is 0.497 e. The Morgan fingerprint density at radius 3 is 2.28 bits per heavy atom. The fourth-order valence-electron chi connectivity index (χ4n) is 3.22. The second kappa shape index (κ2) is 8.26. The van der Waals surface area contributed by atoms with Crippen LogP contribution in [0.3, 0.4) is 0 Å². The van der Waals surface area contributed by atoms with Crippen molar-refractivity contribution in [1.82, 2.24) is 10.2 Å². The lowest BCUT2D eigenvalue weighted by atomic mass is 9.87. The molecule has 0 aliphatic heterocycles. The number of aromatic amines is 2. The van der Waals surface area contributed by atoms with Gasteiger partial charge in [-0.2, -0.15) is 0 Å². The molecule has 1 aromatic heterocycles. The topological polar surface area (TPSA) is 101 Å². The van der Waals surface area contributed by atoms with E-state index in [0.29, 0.717) is 11.4 Å². The number of carbonyl (C=O) groups excluding carboxylic acids is 1. The monoisotopic (exact) mass is 405 g/mol. The summed E-state index contributed by atoms with van der Waals surface area (Å²) in [6.07, 6.45) is -0.124. The van der Waals surface area contributed by atoms with Gasteiger partial charge in [0.15, 0.2) is 17.5 Å². The van der Waals surface area contributed by atoms with Gasteiger partial charge in [-0.3, -0.25) is 14.7 Å². The molecule has 3 rings (SSSR count). The first-order valence-electron chi connectivity index (χ1n) is 8.65. The van der Waals surface area contributed by atoms with Crippen LogP contribution in [0.1, 0.15) is 34.7 Å². The van der Waals surface area contributed by atoms with E-state index in [2.05, 4.69) is 10.2 Å². The maximum atomic E-state index is 13.8. The highest BCUT2D eigenvalue weighted by atomic mass is 19.2. The zero-order valence-electron chi connectivity index (χ0n) is 15.4. The van der Waals surface area contributed by atoms with Gasteiger partial charge in [0.1, 0.15) is 5.75 Å². The molecule has 0 saturated carbocycles. The van der Waals surface area contributed by atoms with E-state index in [0.717, 1.165) is 17.7 Å². The molecule has 0 aliphatic carbocycles. The number of halogens is 3. The number of carbonyl (C=O) groups is 1. The third-order valence-corrected chi connectivity index (χ3v) is 4.60. The van der Waals surface area contributed by atoms with Gasteiger partial charge < -0.3 is 15.6 Å². The van der Waals surface area contributed by atoms with Crippen LogP contribution in [0.2, 0.25) is 0 Å². The Hall–Kier alpha value is -3.49. The lowest BCUT2D eigenvalue weighted by Gasteiger charge is -2.16. The smallest absolute Gasteiger partial charge is 0.267 e. The zero-order valence-corrected chi connectivity index (χ0v) is 15.4. The summed E-state index contributed by atoms with van der Waals surface area (Å²) in [5, 5.41) is 5.16. The first kappa shape index (κ1) is 20.2. The fraction of sp³-hybridized carbons (Fsp3) is 0.200. The molecule has 0 fully saturated rings.